The van der Waals surface area contributed by atoms with Gasteiger partial charge in [-0.05, 0) is 79.8 Å². The van der Waals surface area contributed by atoms with E-state index in [4.69, 9.17) is 4.74 Å². The fourth-order valence-electron chi connectivity index (χ4n) is 4.71. The van der Waals surface area contributed by atoms with Gasteiger partial charge in [0.05, 0.1) is 10.4 Å². The lowest BCUT2D eigenvalue weighted by atomic mass is 10.1. The van der Waals surface area contributed by atoms with Crippen LogP contribution >= 0.6 is 11.3 Å². The van der Waals surface area contributed by atoms with Gasteiger partial charge in [0.15, 0.2) is 0 Å². The molecule has 2 N–H and O–H groups in total. The van der Waals surface area contributed by atoms with Gasteiger partial charge in [-0.3, -0.25) is 4.79 Å². The second kappa shape index (κ2) is 10.1. The number of nitrogens with one attached hydrogen (secondary N) is 2. The molecule has 0 bridgehead atoms. The Morgan fingerprint density at radius 3 is 2.40 bits per heavy atom. The first-order chi connectivity index (χ1) is 16.8. The summed E-state index contributed by atoms with van der Waals surface area (Å²) in [5.74, 6) is 0.758. The highest BCUT2D eigenvalue weighted by Gasteiger charge is 2.30. The van der Waals surface area contributed by atoms with Crippen molar-refractivity contribution in [3.8, 4) is 5.75 Å². The van der Waals surface area contributed by atoms with E-state index in [0.29, 0.717) is 4.88 Å². The molecule has 186 valence electrons. The van der Waals surface area contributed by atoms with Crippen LogP contribution in [0.4, 0.5) is 18.9 Å². The number of nitrogens with zero attached hydrogens (tertiary/aromatic N) is 1. The predicted molar refractivity (Wildman–Crippen MR) is 132 cm³/mol. The molecule has 2 aliphatic rings. The quantitative estimate of drug-likeness (QED) is 0.486. The summed E-state index contributed by atoms with van der Waals surface area (Å²) < 4.78 is 45.6. The van der Waals surface area contributed by atoms with E-state index in [1.807, 2.05) is 24.3 Å². The van der Waals surface area contributed by atoms with E-state index in [2.05, 4.69) is 15.5 Å². The van der Waals surface area contributed by atoms with E-state index in [-0.39, 0.29) is 18.1 Å². The van der Waals surface area contributed by atoms with Gasteiger partial charge in [-0.2, -0.15) is 13.2 Å². The van der Waals surface area contributed by atoms with Crippen molar-refractivity contribution in [1.29, 1.82) is 0 Å². The SMILES string of the molecule is O=C(NC1CCNCC1)c1cc2ccc(OC3CCN(c4ccc(C(F)(F)F)cc4)CC3)cc2s1. The number of piperidine rings is 2. The Morgan fingerprint density at radius 2 is 1.71 bits per heavy atom. The molecule has 0 saturated carbocycles. The summed E-state index contributed by atoms with van der Waals surface area (Å²) in [6.45, 7) is 3.30. The van der Waals surface area contributed by atoms with Gasteiger partial charge in [0.2, 0.25) is 0 Å². The van der Waals surface area contributed by atoms with E-state index in [1.54, 1.807) is 0 Å². The van der Waals surface area contributed by atoms with E-state index in [0.717, 1.165) is 85.5 Å². The van der Waals surface area contributed by atoms with Gasteiger partial charge in [0, 0.05) is 42.4 Å². The minimum Gasteiger partial charge on any atom is -0.490 e. The third-order valence-electron chi connectivity index (χ3n) is 6.69. The van der Waals surface area contributed by atoms with Crippen LogP contribution in [0.5, 0.6) is 5.75 Å². The smallest absolute Gasteiger partial charge is 0.416 e. The molecule has 3 heterocycles. The van der Waals surface area contributed by atoms with Crippen molar-refractivity contribution in [2.24, 2.45) is 0 Å². The largest absolute Gasteiger partial charge is 0.490 e. The highest BCUT2D eigenvalue weighted by molar-refractivity contribution is 7.20. The lowest BCUT2D eigenvalue weighted by Crippen LogP contribution is -2.42. The molecule has 2 aromatic carbocycles. The molecule has 0 radical (unpaired) electrons. The summed E-state index contributed by atoms with van der Waals surface area (Å²) >= 11 is 1.47. The zero-order valence-corrected chi connectivity index (χ0v) is 20.1. The molecule has 5 nitrogen and oxygen atoms in total. The van der Waals surface area contributed by atoms with E-state index < -0.39 is 11.7 Å². The van der Waals surface area contributed by atoms with Gasteiger partial charge in [0.1, 0.15) is 11.9 Å². The number of carbonyl (C=O) groups is 1. The van der Waals surface area contributed by atoms with E-state index in [9.17, 15) is 18.0 Å². The highest BCUT2D eigenvalue weighted by Crippen LogP contribution is 2.33. The van der Waals surface area contributed by atoms with Crippen LogP contribution in [0, 0.1) is 0 Å². The van der Waals surface area contributed by atoms with Gasteiger partial charge in [0.25, 0.3) is 5.91 Å². The molecule has 35 heavy (non-hydrogen) atoms. The van der Waals surface area contributed by atoms with Crippen LogP contribution < -0.4 is 20.3 Å². The van der Waals surface area contributed by atoms with Gasteiger partial charge in [-0.15, -0.1) is 11.3 Å². The Labute approximate surface area is 206 Å². The second-order valence-electron chi connectivity index (χ2n) is 9.16. The summed E-state index contributed by atoms with van der Waals surface area (Å²) in [5.41, 5.74) is 0.169. The van der Waals surface area contributed by atoms with Crippen molar-refractivity contribution in [2.75, 3.05) is 31.1 Å². The molecule has 0 atom stereocenters. The van der Waals surface area contributed by atoms with Gasteiger partial charge in [-0.1, -0.05) is 0 Å². The number of benzene rings is 2. The van der Waals surface area contributed by atoms with Crippen molar-refractivity contribution in [2.45, 2.75) is 44.0 Å². The van der Waals surface area contributed by atoms with Crippen LogP contribution in [0.2, 0.25) is 0 Å². The molecule has 1 aromatic heterocycles. The molecule has 5 rings (SSSR count). The number of fused-ring (bicyclic) bond motifs is 1. The number of anilines is 1. The lowest BCUT2D eigenvalue weighted by Gasteiger charge is -2.33. The molecule has 2 aliphatic heterocycles. The van der Waals surface area contributed by atoms with Crippen LogP contribution in [0.1, 0.15) is 40.9 Å². The number of halogens is 3. The molecular formula is C26H28F3N3O2S. The maximum atomic E-state index is 12.8. The molecule has 9 heteroatoms. The number of ether oxygens (including phenoxy) is 1. The molecular weight excluding hydrogens is 475 g/mol. The Morgan fingerprint density at radius 1 is 1.00 bits per heavy atom. The fraction of sp³-hybridized carbons (Fsp3) is 0.423. The Bertz CT molecular complexity index is 1160. The van der Waals surface area contributed by atoms with Crippen molar-refractivity contribution >= 4 is 33.0 Å². The van der Waals surface area contributed by atoms with Crippen molar-refractivity contribution in [3.63, 3.8) is 0 Å². The molecule has 0 aliphatic carbocycles. The van der Waals surface area contributed by atoms with E-state index >= 15 is 0 Å². The Hall–Kier alpha value is -2.78. The molecule has 0 unspecified atom stereocenters. The van der Waals surface area contributed by atoms with E-state index in [1.165, 1.54) is 23.5 Å². The van der Waals surface area contributed by atoms with Crippen molar-refractivity contribution < 1.29 is 22.7 Å². The first-order valence-corrected chi connectivity index (χ1v) is 12.8. The molecule has 0 spiro atoms. The number of hydrogen-bond donors (Lipinski definition) is 2. The summed E-state index contributed by atoms with van der Waals surface area (Å²) in [6.07, 6.45) is -0.805. The second-order valence-corrected chi connectivity index (χ2v) is 10.2. The number of thiophene rings is 1. The normalized spacial score (nSPS) is 18.1. The zero-order chi connectivity index (χ0) is 24.4. The monoisotopic (exact) mass is 503 g/mol. The van der Waals surface area contributed by atoms with Gasteiger partial charge < -0.3 is 20.3 Å². The van der Waals surface area contributed by atoms with Crippen LogP contribution in [0.3, 0.4) is 0 Å². The first-order valence-electron chi connectivity index (χ1n) is 12.0. The third kappa shape index (κ3) is 5.73. The van der Waals surface area contributed by atoms with Crippen LogP contribution in [0.25, 0.3) is 10.1 Å². The van der Waals surface area contributed by atoms with Gasteiger partial charge in [-0.25, -0.2) is 0 Å². The summed E-state index contributed by atoms with van der Waals surface area (Å²) in [5, 5.41) is 7.47. The standard InChI is InChI=1S/C26H28F3N3O2S/c27-26(28,29)18-2-4-20(5-3-18)32-13-9-21(10-14-32)34-22-6-1-17-15-24(35-23(17)16-22)25(33)31-19-7-11-30-12-8-19/h1-6,15-16,19,21,30H,7-14H2,(H,31,33). The first kappa shape index (κ1) is 23.9. The van der Waals surface area contributed by atoms with Crippen molar-refractivity contribution in [3.05, 3.63) is 59.0 Å². The number of carbonyl (C=O) groups excluding carboxylic acids is 1. The lowest BCUT2D eigenvalue weighted by molar-refractivity contribution is -0.137. The average molecular weight is 504 g/mol. The predicted octanol–water partition coefficient (Wildman–Crippen LogP) is 5.45. The summed E-state index contributed by atoms with van der Waals surface area (Å²) in [6, 6.07) is 13.4. The number of amides is 1. The minimum atomic E-state index is -4.32. The topological polar surface area (TPSA) is 53.6 Å². The fourth-order valence-corrected chi connectivity index (χ4v) is 5.70. The maximum absolute atomic E-state index is 12.8. The number of alkyl halides is 3. The molecule has 3 aromatic rings. The van der Waals surface area contributed by atoms with Crippen molar-refractivity contribution in [1.82, 2.24) is 10.6 Å². The average Bonchev–Trinajstić information content (AvgIpc) is 3.29. The number of hydrogen-bond acceptors (Lipinski definition) is 5. The van der Waals surface area contributed by atoms with Crippen LogP contribution in [0.15, 0.2) is 48.5 Å². The number of rotatable bonds is 5. The zero-order valence-electron chi connectivity index (χ0n) is 19.2. The third-order valence-corrected chi connectivity index (χ3v) is 7.79. The maximum Gasteiger partial charge on any atom is 0.416 e. The van der Waals surface area contributed by atoms with Crippen LogP contribution in [-0.2, 0) is 6.18 Å². The highest BCUT2D eigenvalue weighted by atomic mass is 32.1. The van der Waals surface area contributed by atoms with Crippen LogP contribution in [-0.4, -0.2) is 44.2 Å². The molecule has 2 saturated heterocycles. The summed E-state index contributed by atoms with van der Waals surface area (Å²) in [7, 11) is 0. The summed E-state index contributed by atoms with van der Waals surface area (Å²) in [4.78, 5) is 15.5. The Kier molecular flexibility index (Phi) is 6.88. The Balaban J connectivity index is 1.17. The molecule has 1 amide bonds. The molecule has 2 fully saturated rings. The van der Waals surface area contributed by atoms with Gasteiger partial charge >= 0.3 is 6.18 Å². The minimum absolute atomic E-state index is 0.0174.